The maximum absolute atomic E-state index is 11.3. The number of hydrogen-bond acceptors (Lipinski definition) is 4. The maximum atomic E-state index is 11.3. The van der Waals surface area contributed by atoms with Crippen LogP contribution in [0.1, 0.15) is 5.56 Å². The lowest BCUT2D eigenvalue weighted by atomic mass is 10.1. The van der Waals surface area contributed by atoms with Crippen molar-refractivity contribution in [3.05, 3.63) is 40.0 Å². The SMILES string of the molecule is O=C(O)/C=C/c1cccc([N+](=O)[O-])c1[O-]. The van der Waals surface area contributed by atoms with Gasteiger partial charge in [0.1, 0.15) is 0 Å². The highest BCUT2D eigenvalue weighted by Crippen LogP contribution is 2.27. The van der Waals surface area contributed by atoms with Crippen molar-refractivity contribution in [2.24, 2.45) is 0 Å². The molecule has 0 bridgehead atoms. The molecule has 0 spiro atoms. The first-order valence-electron chi connectivity index (χ1n) is 3.88. The van der Waals surface area contributed by atoms with Crippen molar-refractivity contribution in [3.8, 4) is 5.75 Å². The van der Waals surface area contributed by atoms with Gasteiger partial charge in [-0.3, -0.25) is 10.1 Å². The first kappa shape index (κ1) is 10.7. The Hall–Kier alpha value is -2.37. The van der Waals surface area contributed by atoms with E-state index in [2.05, 4.69) is 0 Å². The molecular weight excluding hydrogens is 202 g/mol. The fourth-order valence-electron chi connectivity index (χ4n) is 0.978. The summed E-state index contributed by atoms with van der Waals surface area (Å²) in [4.78, 5) is 19.8. The number of carboxylic acid groups (broad SMARTS) is 1. The molecule has 1 rings (SSSR count). The summed E-state index contributed by atoms with van der Waals surface area (Å²) in [5.74, 6) is -2.01. The number of nitro benzene ring substituents is 1. The average Bonchev–Trinajstić information content (AvgIpc) is 2.15. The largest absolute Gasteiger partial charge is 0.867 e. The number of para-hydroxylation sites is 1. The maximum Gasteiger partial charge on any atom is 0.328 e. The summed E-state index contributed by atoms with van der Waals surface area (Å²) in [5, 5.41) is 30.0. The Morgan fingerprint density at radius 3 is 2.67 bits per heavy atom. The molecule has 0 saturated carbocycles. The van der Waals surface area contributed by atoms with Crippen LogP contribution in [0.15, 0.2) is 24.3 Å². The van der Waals surface area contributed by atoms with Crippen molar-refractivity contribution >= 4 is 17.7 Å². The summed E-state index contributed by atoms with van der Waals surface area (Å²) in [6.07, 6.45) is 1.78. The third-order valence-electron chi connectivity index (χ3n) is 1.63. The van der Waals surface area contributed by atoms with Crippen LogP contribution in [-0.2, 0) is 4.79 Å². The Morgan fingerprint density at radius 1 is 1.47 bits per heavy atom. The second-order valence-electron chi connectivity index (χ2n) is 2.62. The third-order valence-corrected chi connectivity index (χ3v) is 1.63. The lowest BCUT2D eigenvalue weighted by Gasteiger charge is -2.09. The van der Waals surface area contributed by atoms with Gasteiger partial charge >= 0.3 is 5.97 Å². The molecule has 0 heterocycles. The number of carboxylic acids is 1. The van der Waals surface area contributed by atoms with Gasteiger partial charge in [0, 0.05) is 12.1 Å². The monoisotopic (exact) mass is 208 g/mol. The Labute approximate surface area is 84.2 Å². The van der Waals surface area contributed by atoms with Crippen molar-refractivity contribution < 1.29 is 19.9 Å². The second kappa shape index (κ2) is 4.23. The van der Waals surface area contributed by atoms with Gasteiger partial charge in [-0.15, -0.1) is 0 Å². The molecule has 1 N–H and O–H groups in total. The number of aliphatic carboxylic acids is 1. The molecule has 1 aromatic carbocycles. The molecular formula is C9H6NO5-. The van der Waals surface area contributed by atoms with Gasteiger partial charge < -0.3 is 10.2 Å². The number of benzene rings is 1. The fourth-order valence-corrected chi connectivity index (χ4v) is 0.978. The fraction of sp³-hybridized carbons (Fsp3) is 0. The summed E-state index contributed by atoms with van der Waals surface area (Å²) < 4.78 is 0. The highest BCUT2D eigenvalue weighted by atomic mass is 16.6. The normalized spacial score (nSPS) is 10.4. The van der Waals surface area contributed by atoms with E-state index < -0.39 is 22.3 Å². The Balaban J connectivity index is 3.15. The van der Waals surface area contributed by atoms with E-state index in [0.29, 0.717) is 0 Å². The van der Waals surface area contributed by atoms with E-state index in [-0.39, 0.29) is 5.56 Å². The molecule has 0 aromatic heterocycles. The molecule has 1 aromatic rings. The number of rotatable bonds is 3. The van der Waals surface area contributed by atoms with Crippen LogP contribution in [0.5, 0.6) is 5.75 Å². The quantitative estimate of drug-likeness (QED) is 0.448. The minimum atomic E-state index is -1.22. The van der Waals surface area contributed by atoms with Crippen LogP contribution in [0, 0.1) is 10.1 Å². The Kier molecular flexibility index (Phi) is 3.02. The van der Waals surface area contributed by atoms with E-state index in [0.717, 1.165) is 18.2 Å². The summed E-state index contributed by atoms with van der Waals surface area (Å²) in [6, 6.07) is 3.70. The first-order chi connectivity index (χ1) is 7.02. The summed E-state index contributed by atoms with van der Waals surface area (Å²) in [7, 11) is 0. The molecule has 0 aliphatic heterocycles. The molecule has 0 fully saturated rings. The second-order valence-corrected chi connectivity index (χ2v) is 2.62. The van der Waals surface area contributed by atoms with Gasteiger partial charge in [-0.05, 0) is 17.4 Å². The molecule has 0 atom stereocenters. The molecule has 0 amide bonds. The van der Waals surface area contributed by atoms with Crippen molar-refractivity contribution in [3.63, 3.8) is 0 Å². The summed E-state index contributed by atoms with van der Waals surface area (Å²) in [5.41, 5.74) is -0.589. The van der Waals surface area contributed by atoms with Gasteiger partial charge in [0.25, 0.3) is 5.69 Å². The number of nitrogens with zero attached hydrogens (tertiary/aromatic N) is 1. The van der Waals surface area contributed by atoms with E-state index in [4.69, 9.17) is 5.11 Å². The van der Waals surface area contributed by atoms with Gasteiger partial charge in [-0.2, -0.15) is 0 Å². The predicted octanol–water partition coefficient (Wildman–Crippen LogP) is 0.766. The smallest absolute Gasteiger partial charge is 0.328 e. The Morgan fingerprint density at radius 2 is 2.13 bits per heavy atom. The van der Waals surface area contributed by atoms with E-state index >= 15 is 0 Å². The highest BCUT2D eigenvalue weighted by Gasteiger charge is 2.07. The summed E-state index contributed by atoms with van der Waals surface area (Å²) in [6.45, 7) is 0. The van der Waals surface area contributed by atoms with Crippen LogP contribution in [0.3, 0.4) is 0 Å². The van der Waals surface area contributed by atoms with E-state index in [9.17, 15) is 20.0 Å². The zero-order valence-electron chi connectivity index (χ0n) is 7.41. The zero-order valence-corrected chi connectivity index (χ0v) is 7.41. The van der Waals surface area contributed by atoms with E-state index in [1.54, 1.807) is 0 Å². The molecule has 15 heavy (non-hydrogen) atoms. The topological polar surface area (TPSA) is 104 Å². The zero-order chi connectivity index (χ0) is 11.4. The van der Waals surface area contributed by atoms with Crippen LogP contribution in [0.2, 0.25) is 0 Å². The van der Waals surface area contributed by atoms with Crippen molar-refractivity contribution in [1.82, 2.24) is 0 Å². The van der Waals surface area contributed by atoms with Crippen LogP contribution < -0.4 is 5.11 Å². The first-order valence-corrected chi connectivity index (χ1v) is 3.88. The van der Waals surface area contributed by atoms with Crippen LogP contribution in [-0.4, -0.2) is 16.0 Å². The van der Waals surface area contributed by atoms with E-state index in [1.807, 2.05) is 0 Å². The summed E-state index contributed by atoms with van der Waals surface area (Å²) >= 11 is 0. The molecule has 78 valence electrons. The van der Waals surface area contributed by atoms with Crippen molar-refractivity contribution in [2.45, 2.75) is 0 Å². The van der Waals surface area contributed by atoms with Gasteiger partial charge in [0.2, 0.25) is 0 Å². The molecule has 6 nitrogen and oxygen atoms in total. The predicted molar refractivity (Wildman–Crippen MR) is 49.2 cm³/mol. The molecule has 0 saturated heterocycles. The average molecular weight is 208 g/mol. The van der Waals surface area contributed by atoms with Crippen molar-refractivity contribution in [2.75, 3.05) is 0 Å². The molecule has 0 aliphatic carbocycles. The van der Waals surface area contributed by atoms with E-state index in [1.165, 1.54) is 12.1 Å². The molecule has 0 unspecified atom stereocenters. The van der Waals surface area contributed by atoms with Gasteiger partial charge in [-0.1, -0.05) is 12.1 Å². The van der Waals surface area contributed by atoms with Crippen LogP contribution in [0.25, 0.3) is 6.08 Å². The minimum absolute atomic E-state index is 0.0217. The Bertz CT molecular complexity index is 438. The van der Waals surface area contributed by atoms with Crippen LogP contribution in [0.4, 0.5) is 5.69 Å². The van der Waals surface area contributed by atoms with Crippen LogP contribution >= 0.6 is 0 Å². The van der Waals surface area contributed by atoms with Gasteiger partial charge in [0.15, 0.2) is 0 Å². The number of nitro groups is 1. The number of carbonyl (C=O) groups is 1. The standard InChI is InChI=1S/C9H7NO5/c11-8(12)5-4-6-2-1-3-7(9(6)13)10(14)15/h1-5,13H,(H,11,12)/p-1/b5-4+. The molecule has 6 heteroatoms. The highest BCUT2D eigenvalue weighted by molar-refractivity contribution is 5.86. The third kappa shape index (κ3) is 2.53. The number of hydrogen-bond donors (Lipinski definition) is 1. The molecule has 0 aliphatic rings. The lowest BCUT2D eigenvalue weighted by Crippen LogP contribution is -2.00. The van der Waals surface area contributed by atoms with Gasteiger partial charge in [-0.25, -0.2) is 4.79 Å². The molecule has 0 radical (unpaired) electrons. The lowest BCUT2D eigenvalue weighted by molar-refractivity contribution is -0.398. The van der Waals surface area contributed by atoms with Crippen molar-refractivity contribution in [1.29, 1.82) is 0 Å². The van der Waals surface area contributed by atoms with Gasteiger partial charge in [0.05, 0.1) is 4.92 Å². The minimum Gasteiger partial charge on any atom is -0.867 e.